The molecule has 0 bridgehead atoms. The van der Waals surface area contributed by atoms with Crippen molar-refractivity contribution < 1.29 is 14.7 Å². The summed E-state index contributed by atoms with van der Waals surface area (Å²) in [6, 6.07) is 6.23. The number of nitrogens with zero attached hydrogens (tertiary/aromatic N) is 1. The predicted molar refractivity (Wildman–Crippen MR) is 59.1 cm³/mol. The van der Waals surface area contributed by atoms with Crippen LogP contribution in [-0.4, -0.2) is 42.5 Å². The summed E-state index contributed by atoms with van der Waals surface area (Å²) in [5.74, 6) is -0.732. The maximum absolute atomic E-state index is 11.8. The van der Waals surface area contributed by atoms with E-state index in [1.165, 1.54) is 31.1 Å². The quantitative estimate of drug-likeness (QED) is 0.768. The number of phenolic OH excluding ortho intramolecular Hbond substituents is 1. The summed E-state index contributed by atoms with van der Waals surface area (Å²) in [6.45, 7) is -0.0380. The number of benzene rings is 1. The molecule has 0 aliphatic rings. The van der Waals surface area contributed by atoms with Gasteiger partial charge >= 0.3 is 0 Å². The number of phenols is 1. The van der Waals surface area contributed by atoms with Gasteiger partial charge < -0.3 is 15.3 Å². The Hall–Kier alpha value is -2.04. The van der Waals surface area contributed by atoms with Crippen molar-refractivity contribution in [3.8, 4) is 5.75 Å². The summed E-state index contributed by atoms with van der Waals surface area (Å²) >= 11 is 0. The Bertz CT molecular complexity index is 404. The minimum Gasteiger partial charge on any atom is -0.507 e. The second-order valence-corrected chi connectivity index (χ2v) is 3.35. The van der Waals surface area contributed by atoms with Crippen molar-refractivity contribution in [2.75, 3.05) is 20.6 Å². The van der Waals surface area contributed by atoms with E-state index in [2.05, 4.69) is 5.32 Å². The van der Waals surface area contributed by atoms with Gasteiger partial charge in [0.15, 0.2) is 0 Å². The molecule has 0 aromatic heterocycles. The average Bonchev–Trinajstić information content (AvgIpc) is 2.28. The van der Waals surface area contributed by atoms with Gasteiger partial charge in [-0.2, -0.15) is 0 Å². The number of aromatic hydroxyl groups is 1. The van der Waals surface area contributed by atoms with Crippen molar-refractivity contribution in [3.05, 3.63) is 29.8 Å². The van der Waals surface area contributed by atoms with E-state index >= 15 is 0 Å². The van der Waals surface area contributed by atoms with E-state index in [0.717, 1.165) is 0 Å². The van der Waals surface area contributed by atoms with Gasteiger partial charge in [-0.15, -0.1) is 0 Å². The number of carbonyl (C=O) groups is 2. The van der Waals surface area contributed by atoms with Crippen LogP contribution in [0.5, 0.6) is 5.75 Å². The summed E-state index contributed by atoms with van der Waals surface area (Å²) in [5.41, 5.74) is 0.189. The van der Waals surface area contributed by atoms with Gasteiger partial charge in [0.2, 0.25) is 5.91 Å². The first kappa shape index (κ1) is 12.0. The fraction of sp³-hybridized carbons (Fsp3) is 0.273. The van der Waals surface area contributed by atoms with Gasteiger partial charge in [0.05, 0.1) is 12.1 Å². The molecule has 0 aliphatic carbocycles. The molecule has 0 spiro atoms. The lowest BCUT2D eigenvalue weighted by Crippen LogP contribution is -2.36. The van der Waals surface area contributed by atoms with E-state index in [-0.39, 0.29) is 29.7 Å². The molecule has 0 saturated heterocycles. The van der Waals surface area contributed by atoms with E-state index < -0.39 is 0 Å². The van der Waals surface area contributed by atoms with Crippen LogP contribution in [-0.2, 0) is 4.79 Å². The molecule has 0 heterocycles. The Morgan fingerprint density at radius 2 is 2.00 bits per heavy atom. The van der Waals surface area contributed by atoms with Gasteiger partial charge in [-0.25, -0.2) is 0 Å². The number of rotatable bonds is 3. The number of carbonyl (C=O) groups excluding carboxylic acids is 2. The number of hydrogen-bond acceptors (Lipinski definition) is 3. The summed E-state index contributed by atoms with van der Waals surface area (Å²) in [4.78, 5) is 24.1. The van der Waals surface area contributed by atoms with Gasteiger partial charge in [0, 0.05) is 14.1 Å². The zero-order valence-electron chi connectivity index (χ0n) is 9.23. The molecule has 0 radical (unpaired) electrons. The molecular formula is C11H14N2O3. The van der Waals surface area contributed by atoms with E-state index in [1.54, 1.807) is 12.1 Å². The Morgan fingerprint density at radius 3 is 2.56 bits per heavy atom. The number of likely N-dealkylation sites (N-methyl/N-ethyl adjacent to an activating group) is 2. The number of amides is 2. The standard InChI is InChI=1S/C11H14N2O3/c1-12-10(15)7-13(2)11(16)8-5-3-4-6-9(8)14/h3-6,14H,7H2,1-2H3,(H,12,15). The summed E-state index contributed by atoms with van der Waals surface area (Å²) in [6.07, 6.45) is 0. The molecule has 16 heavy (non-hydrogen) atoms. The Morgan fingerprint density at radius 1 is 1.38 bits per heavy atom. The highest BCUT2D eigenvalue weighted by Gasteiger charge is 2.16. The first-order chi connectivity index (χ1) is 7.56. The van der Waals surface area contributed by atoms with Crippen LogP contribution in [0.25, 0.3) is 0 Å². The Kier molecular flexibility index (Phi) is 3.88. The molecule has 0 aliphatic heterocycles. The van der Waals surface area contributed by atoms with Gasteiger partial charge in [-0.1, -0.05) is 12.1 Å². The van der Waals surface area contributed by atoms with E-state index in [4.69, 9.17) is 0 Å². The van der Waals surface area contributed by atoms with Crippen molar-refractivity contribution in [2.45, 2.75) is 0 Å². The third-order valence-corrected chi connectivity index (χ3v) is 2.14. The smallest absolute Gasteiger partial charge is 0.257 e. The molecule has 1 rings (SSSR count). The molecule has 0 fully saturated rings. The molecule has 0 saturated carbocycles. The minimum atomic E-state index is -0.387. The van der Waals surface area contributed by atoms with E-state index in [9.17, 15) is 14.7 Å². The molecule has 0 atom stereocenters. The third-order valence-electron chi connectivity index (χ3n) is 2.14. The lowest BCUT2D eigenvalue weighted by atomic mass is 10.2. The molecule has 2 amide bonds. The fourth-order valence-electron chi connectivity index (χ4n) is 1.23. The summed E-state index contributed by atoms with van der Waals surface area (Å²) < 4.78 is 0. The first-order valence-electron chi connectivity index (χ1n) is 4.80. The SMILES string of the molecule is CNC(=O)CN(C)C(=O)c1ccccc1O. The van der Waals surface area contributed by atoms with E-state index in [0.29, 0.717) is 0 Å². The van der Waals surface area contributed by atoms with Crippen molar-refractivity contribution in [1.82, 2.24) is 10.2 Å². The minimum absolute atomic E-state index is 0.0380. The van der Waals surface area contributed by atoms with Crippen LogP contribution in [0.2, 0.25) is 0 Å². The van der Waals surface area contributed by atoms with Crippen LogP contribution in [0.15, 0.2) is 24.3 Å². The lowest BCUT2D eigenvalue weighted by molar-refractivity contribution is -0.121. The molecule has 86 valence electrons. The Labute approximate surface area is 93.7 Å². The molecule has 1 aromatic rings. The maximum Gasteiger partial charge on any atom is 0.257 e. The second kappa shape index (κ2) is 5.16. The molecule has 2 N–H and O–H groups in total. The van der Waals surface area contributed by atoms with Gasteiger partial charge in [0.25, 0.3) is 5.91 Å². The number of hydrogen-bond donors (Lipinski definition) is 2. The summed E-state index contributed by atoms with van der Waals surface area (Å²) in [5, 5.41) is 11.9. The monoisotopic (exact) mass is 222 g/mol. The molecule has 5 heteroatoms. The maximum atomic E-state index is 11.8. The van der Waals surface area contributed by atoms with Crippen molar-refractivity contribution in [1.29, 1.82) is 0 Å². The van der Waals surface area contributed by atoms with Gasteiger partial charge in [-0.05, 0) is 12.1 Å². The highest BCUT2D eigenvalue weighted by Crippen LogP contribution is 2.16. The second-order valence-electron chi connectivity index (χ2n) is 3.35. The molecule has 1 aromatic carbocycles. The van der Waals surface area contributed by atoms with Crippen LogP contribution in [0.3, 0.4) is 0 Å². The van der Waals surface area contributed by atoms with Gasteiger partial charge in [-0.3, -0.25) is 9.59 Å². The van der Waals surface area contributed by atoms with Gasteiger partial charge in [0.1, 0.15) is 5.75 Å². The number of nitrogens with one attached hydrogen (secondary N) is 1. The average molecular weight is 222 g/mol. The highest BCUT2D eigenvalue weighted by molar-refractivity contribution is 5.98. The Balaban J connectivity index is 2.79. The van der Waals surface area contributed by atoms with Crippen LogP contribution in [0, 0.1) is 0 Å². The normalized spacial score (nSPS) is 9.62. The van der Waals surface area contributed by atoms with Crippen LogP contribution in [0.1, 0.15) is 10.4 Å². The summed E-state index contributed by atoms with van der Waals surface area (Å²) in [7, 11) is 3.00. The van der Waals surface area contributed by atoms with Crippen LogP contribution < -0.4 is 5.32 Å². The van der Waals surface area contributed by atoms with Crippen molar-refractivity contribution >= 4 is 11.8 Å². The first-order valence-corrected chi connectivity index (χ1v) is 4.80. The number of para-hydroxylation sites is 1. The lowest BCUT2D eigenvalue weighted by Gasteiger charge is -2.16. The zero-order valence-corrected chi connectivity index (χ0v) is 9.23. The van der Waals surface area contributed by atoms with Crippen LogP contribution >= 0.6 is 0 Å². The van der Waals surface area contributed by atoms with Crippen LogP contribution in [0.4, 0.5) is 0 Å². The zero-order chi connectivity index (χ0) is 12.1. The molecule has 0 unspecified atom stereocenters. The van der Waals surface area contributed by atoms with E-state index in [1.807, 2.05) is 0 Å². The highest BCUT2D eigenvalue weighted by atomic mass is 16.3. The largest absolute Gasteiger partial charge is 0.507 e. The van der Waals surface area contributed by atoms with Crippen molar-refractivity contribution in [2.24, 2.45) is 0 Å². The third kappa shape index (κ3) is 2.73. The fourth-order valence-corrected chi connectivity index (χ4v) is 1.23. The predicted octanol–water partition coefficient (Wildman–Crippen LogP) is 0.210. The van der Waals surface area contributed by atoms with Crippen molar-refractivity contribution in [3.63, 3.8) is 0 Å². The topological polar surface area (TPSA) is 69.6 Å². The molecule has 5 nitrogen and oxygen atoms in total. The molecular weight excluding hydrogens is 208 g/mol.